The number of hydrogen-bond acceptors (Lipinski definition) is 4. The second kappa shape index (κ2) is 6.62. The number of thiophene rings is 2. The van der Waals surface area contributed by atoms with Gasteiger partial charge >= 0.3 is 0 Å². The predicted molar refractivity (Wildman–Crippen MR) is 91.5 cm³/mol. The molecule has 1 unspecified atom stereocenters. The van der Waals surface area contributed by atoms with Gasteiger partial charge in [-0.05, 0) is 41.3 Å². The molecule has 2 heterocycles. The summed E-state index contributed by atoms with van der Waals surface area (Å²) in [5.41, 5.74) is 1.89. The van der Waals surface area contributed by atoms with Gasteiger partial charge in [0.2, 0.25) is 0 Å². The fourth-order valence-corrected chi connectivity index (χ4v) is 4.15. The first-order chi connectivity index (χ1) is 10.3. The van der Waals surface area contributed by atoms with E-state index in [1.54, 1.807) is 22.7 Å². The Balaban J connectivity index is 1.92. The van der Waals surface area contributed by atoms with Crippen LogP contribution in [0.15, 0.2) is 53.9 Å². The van der Waals surface area contributed by atoms with E-state index in [1.165, 1.54) is 9.75 Å². The van der Waals surface area contributed by atoms with Crippen LogP contribution in [0.3, 0.4) is 0 Å². The number of aliphatic hydroxyl groups is 1. The van der Waals surface area contributed by atoms with Gasteiger partial charge in [0, 0.05) is 15.4 Å². The molecule has 108 valence electrons. The number of anilines is 1. The van der Waals surface area contributed by atoms with E-state index in [0.717, 1.165) is 15.6 Å². The lowest BCUT2D eigenvalue weighted by molar-refractivity contribution is 0.282. The molecule has 21 heavy (non-hydrogen) atoms. The summed E-state index contributed by atoms with van der Waals surface area (Å²) in [6.07, 6.45) is 0. The summed E-state index contributed by atoms with van der Waals surface area (Å²) in [6.45, 7) is 0.0457. The summed E-state index contributed by atoms with van der Waals surface area (Å²) in [4.78, 5) is 2.42. The van der Waals surface area contributed by atoms with E-state index in [2.05, 4.69) is 22.8 Å². The Labute approximate surface area is 136 Å². The molecule has 0 spiro atoms. The normalized spacial score (nSPS) is 12.3. The topological polar surface area (TPSA) is 32.3 Å². The average Bonchev–Trinajstić information content (AvgIpc) is 3.16. The van der Waals surface area contributed by atoms with E-state index in [9.17, 15) is 5.11 Å². The van der Waals surface area contributed by atoms with Crippen LogP contribution in [0.5, 0.6) is 0 Å². The highest BCUT2D eigenvalue weighted by atomic mass is 35.5. The summed E-state index contributed by atoms with van der Waals surface area (Å²) in [5.74, 6) is 0. The van der Waals surface area contributed by atoms with Gasteiger partial charge in [-0.3, -0.25) is 0 Å². The Hall–Kier alpha value is -1.33. The molecule has 2 aromatic heterocycles. The van der Waals surface area contributed by atoms with Crippen molar-refractivity contribution in [1.29, 1.82) is 0 Å². The maximum atomic E-state index is 9.26. The van der Waals surface area contributed by atoms with Gasteiger partial charge in [0.15, 0.2) is 0 Å². The Morgan fingerprint density at radius 1 is 1.10 bits per heavy atom. The summed E-state index contributed by atoms with van der Waals surface area (Å²) in [7, 11) is 0. The first kappa shape index (κ1) is 14.6. The highest BCUT2D eigenvalue weighted by Gasteiger charge is 2.17. The van der Waals surface area contributed by atoms with Gasteiger partial charge in [0.05, 0.1) is 17.0 Å². The minimum absolute atomic E-state index is 0.0457. The maximum absolute atomic E-state index is 9.26. The minimum atomic E-state index is 0.0457. The zero-order valence-corrected chi connectivity index (χ0v) is 13.5. The van der Waals surface area contributed by atoms with Crippen molar-refractivity contribution >= 4 is 40.0 Å². The van der Waals surface area contributed by atoms with Gasteiger partial charge in [0.25, 0.3) is 0 Å². The minimum Gasteiger partial charge on any atom is -0.392 e. The molecule has 3 rings (SSSR count). The zero-order valence-electron chi connectivity index (χ0n) is 11.1. The molecule has 2 nitrogen and oxygen atoms in total. The SMILES string of the molecule is OCc1cccc(NC(c2cccs2)c2ccc(Cl)s2)c1. The quantitative estimate of drug-likeness (QED) is 0.675. The molecule has 0 aliphatic rings. The summed E-state index contributed by atoms with van der Waals surface area (Å²) < 4.78 is 0.789. The Kier molecular flexibility index (Phi) is 4.60. The average molecular weight is 336 g/mol. The molecule has 0 radical (unpaired) electrons. The van der Waals surface area contributed by atoms with E-state index in [-0.39, 0.29) is 12.6 Å². The van der Waals surface area contributed by atoms with Crippen molar-refractivity contribution in [1.82, 2.24) is 0 Å². The zero-order chi connectivity index (χ0) is 14.7. The maximum Gasteiger partial charge on any atom is 0.0954 e. The lowest BCUT2D eigenvalue weighted by atomic mass is 10.1. The fourth-order valence-electron chi connectivity index (χ4n) is 2.15. The fraction of sp³-hybridized carbons (Fsp3) is 0.125. The molecular formula is C16H14ClNOS2. The van der Waals surface area contributed by atoms with Gasteiger partial charge in [-0.15, -0.1) is 22.7 Å². The van der Waals surface area contributed by atoms with Crippen LogP contribution in [0.2, 0.25) is 4.34 Å². The number of nitrogens with one attached hydrogen (secondary N) is 1. The molecule has 0 bridgehead atoms. The Morgan fingerprint density at radius 3 is 2.67 bits per heavy atom. The largest absolute Gasteiger partial charge is 0.392 e. The molecule has 2 N–H and O–H groups in total. The van der Waals surface area contributed by atoms with Crippen LogP contribution in [0.4, 0.5) is 5.69 Å². The number of aliphatic hydroxyl groups excluding tert-OH is 1. The number of halogens is 1. The summed E-state index contributed by atoms with van der Waals surface area (Å²) in [6, 6.07) is 16.1. The van der Waals surface area contributed by atoms with E-state index in [1.807, 2.05) is 36.4 Å². The van der Waals surface area contributed by atoms with Gasteiger partial charge in [-0.25, -0.2) is 0 Å². The summed E-state index contributed by atoms with van der Waals surface area (Å²) >= 11 is 9.38. The van der Waals surface area contributed by atoms with Crippen LogP contribution in [0.25, 0.3) is 0 Å². The van der Waals surface area contributed by atoms with E-state index >= 15 is 0 Å². The van der Waals surface area contributed by atoms with Crippen molar-refractivity contribution in [2.75, 3.05) is 5.32 Å². The van der Waals surface area contributed by atoms with Crippen LogP contribution >= 0.6 is 34.3 Å². The van der Waals surface area contributed by atoms with Gasteiger partial charge in [-0.2, -0.15) is 0 Å². The first-order valence-corrected chi connectivity index (χ1v) is 8.58. The third-order valence-corrected chi connectivity index (χ3v) is 5.36. The van der Waals surface area contributed by atoms with Gasteiger partial charge < -0.3 is 10.4 Å². The molecule has 1 aromatic carbocycles. The second-order valence-corrected chi connectivity index (χ2v) is 7.32. The molecule has 0 amide bonds. The molecular weight excluding hydrogens is 322 g/mol. The van der Waals surface area contributed by atoms with Crippen molar-refractivity contribution in [2.24, 2.45) is 0 Å². The van der Waals surface area contributed by atoms with Crippen LogP contribution in [0.1, 0.15) is 21.4 Å². The van der Waals surface area contributed by atoms with E-state index < -0.39 is 0 Å². The van der Waals surface area contributed by atoms with Gasteiger partial charge in [-0.1, -0.05) is 29.8 Å². The summed E-state index contributed by atoms with van der Waals surface area (Å²) in [5, 5.41) is 14.9. The molecule has 0 aliphatic heterocycles. The number of rotatable bonds is 5. The smallest absolute Gasteiger partial charge is 0.0954 e. The predicted octanol–water partition coefficient (Wildman–Crippen LogP) is 5.16. The van der Waals surface area contributed by atoms with Crippen LogP contribution in [-0.4, -0.2) is 5.11 Å². The third kappa shape index (κ3) is 3.47. The Bertz CT molecular complexity index is 709. The van der Waals surface area contributed by atoms with Gasteiger partial charge in [0.1, 0.15) is 0 Å². The highest BCUT2D eigenvalue weighted by molar-refractivity contribution is 7.16. The van der Waals surface area contributed by atoms with E-state index in [4.69, 9.17) is 11.6 Å². The monoisotopic (exact) mass is 335 g/mol. The molecule has 0 fully saturated rings. The number of hydrogen-bond donors (Lipinski definition) is 2. The van der Waals surface area contributed by atoms with Crippen LogP contribution in [-0.2, 0) is 6.61 Å². The third-order valence-electron chi connectivity index (χ3n) is 3.13. The first-order valence-electron chi connectivity index (χ1n) is 6.51. The lowest BCUT2D eigenvalue weighted by Crippen LogP contribution is -2.09. The van der Waals surface area contributed by atoms with Crippen LogP contribution in [0, 0.1) is 0 Å². The second-order valence-electron chi connectivity index (χ2n) is 4.59. The van der Waals surface area contributed by atoms with E-state index in [0.29, 0.717) is 0 Å². The highest BCUT2D eigenvalue weighted by Crippen LogP contribution is 2.35. The Morgan fingerprint density at radius 2 is 2.00 bits per heavy atom. The van der Waals surface area contributed by atoms with Crippen molar-refractivity contribution in [3.8, 4) is 0 Å². The molecule has 5 heteroatoms. The standard InChI is InChI=1S/C16H14ClNOS2/c17-15-7-6-14(21-15)16(13-5-2-8-20-13)18-12-4-1-3-11(9-12)10-19/h1-9,16,18-19H,10H2. The number of benzene rings is 1. The van der Waals surface area contributed by atoms with Crippen molar-refractivity contribution in [3.63, 3.8) is 0 Å². The molecule has 1 atom stereocenters. The lowest BCUT2D eigenvalue weighted by Gasteiger charge is -2.18. The van der Waals surface area contributed by atoms with Crippen molar-refractivity contribution in [3.05, 3.63) is 73.6 Å². The molecule has 0 saturated heterocycles. The molecule has 0 saturated carbocycles. The molecule has 3 aromatic rings. The van der Waals surface area contributed by atoms with Crippen molar-refractivity contribution in [2.45, 2.75) is 12.6 Å². The van der Waals surface area contributed by atoms with Crippen molar-refractivity contribution < 1.29 is 5.11 Å². The van der Waals surface area contributed by atoms with Crippen LogP contribution < -0.4 is 5.32 Å². The molecule has 0 aliphatic carbocycles.